The first-order chi connectivity index (χ1) is 9.75. The van der Waals surface area contributed by atoms with Crippen LogP contribution in [0.3, 0.4) is 0 Å². The first kappa shape index (κ1) is 13.2. The molecule has 0 spiro atoms. The van der Waals surface area contributed by atoms with E-state index in [9.17, 15) is 0 Å². The van der Waals surface area contributed by atoms with Crippen molar-refractivity contribution in [3.05, 3.63) is 47.5 Å². The molecule has 1 unspecified atom stereocenters. The van der Waals surface area contributed by atoms with Gasteiger partial charge >= 0.3 is 0 Å². The lowest BCUT2D eigenvalue weighted by molar-refractivity contribution is 0.292. The highest BCUT2D eigenvalue weighted by atomic mass is 16.5. The number of hydrogen-bond donors (Lipinski definition) is 1. The van der Waals surface area contributed by atoms with Gasteiger partial charge in [0.05, 0.1) is 6.54 Å². The number of aryl methyl sites for hydroxylation is 1. The zero-order valence-corrected chi connectivity index (χ0v) is 11.9. The molecule has 2 aromatic rings. The Labute approximate surface area is 119 Å². The molecule has 0 saturated carbocycles. The van der Waals surface area contributed by atoms with Gasteiger partial charge in [-0.3, -0.25) is 0 Å². The van der Waals surface area contributed by atoms with Gasteiger partial charge in [-0.15, -0.1) is 0 Å². The minimum atomic E-state index is 0.165. The predicted molar refractivity (Wildman–Crippen MR) is 78.8 cm³/mol. The molecule has 106 valence electrons. The van der Waals surface area contributed by atoms with Crippen LogP contribution in [0.2, 0.25) is 0 Å². The van der Waals surface area contributed by atoms with Crippen LogP contribution in [0, 0.1) is 6.92 Å². The van der Waals surface area contributed by atoms with Crippen LogP contribution in [0.5, 0.6) is 5.75 Å². The van der Waals surface area contributed by atoms with E-state index in [1.165, 1.54) is 11.1 Å². The Morgan fingerprint density at radius 1 is 1.45 bits per heavy atom. The van der Waals surface area contributed by atoms with Crippen molar-refractivity contribution < 1.29 is 4.74 Å². The monoisotopic (exact) mass is 271 g/mol. The SMILES string of the molecule is Cc1nccn1CCOc1cccc2c1CCCC2N. The van der Waals surface area contributed by atoms with Gasteiger partial charge in [-0.1, -0.05) is 12.1 Å². The molecule has 20 heavy (non-hydrogen) atoms. The summed E-state index contributed by atoms with van der Waals surface area (Å²) in [5, 5.41) is 0. The number of nitrogens with two attached hydrogens (primary N) is 1. The Morgan fingerprint density at radius 3 is 3.15 bits per heavy atom. The highest BCUT2D eigenvalue weighted by Crippen LogP contribution is 2.33. The lowest BCUT2D eigenvalue weighted by Crippen LogP contribution is -2.18. The van der Waals surface area contributed by atoms with Crippen molar-refractivity contribution >= 4 is 0 Å². The summed E-state index contributed by atoms with van der Waals surface area (Å²) in [7, 11) is 0. The molecule has 4 heteroatoms. The average Bonchev–Trinajstić information content (AvgIpc) is 2.86. The maximum absolute atomic E-state index is 6.17. The summed E-state index contributed by atoms with van der Waals surface area (Å²) in [6.45, 7) is 3.48. The Morgan fingerprint density at radius 2 is 2.35 bits per heavy atom. The highest BCUT2D eigenvalue weighted by molar-refractivity contribution is 5.43. The summed E-state index contributed by atoms with van der Waals surface area (Å²) < 4.78 is 8.08. The van der Waals surface area contributed by atoms with E-state index in [4.69, 9.17) is 10.5 Å². The number of rotatable bonds is 4. The number of fused-ring (bicyclic) bond motifs is 1. The van der Waals surface area contributed by atoms with Gasteiger partial charge in [0.25, 0.3) is 0 Å². The maximum atomic E-state index is 6.17. The van der Waals surface area contributed by atoms with Gasteiger partial charge < -0.3 is 15.0 Å². The second kappa shape index (κ2) is 5.67. The van der Waals surface area contributed by atoms with Crippen LogP contribution < -0.4 is 10.5 Å². The molecule has 3 rings (SSSR count). The molecule has 0 saturated heterocycles. The molecule has 1 aromatic carbocycles. The van der Waals surface area contributed by atoms with Crippen LogP contribution in [0.4, 0.5) is 0 Å². The zero-order valence-electron chi connectivity index (χ0n) is 11.9. The molecule has 0 bridgehead atoms. The van der Waals surface area contributed by atoms with Gasteiger partial charge in [-0.05, 0) is 43.4 Å². The van der Waals surface area contributed by atoms with Gasteiger partial charge in [0.2, 0.25) is 0 Å². The van der Waals surface area contributed by atoms with E-state index in [0.29, 0.717) is 6.61 Å². The molecular weight excluding hydrogens is 250 g/mol. The summed E-state index contributed by atoms with van der Waals surface area (Å²) in [6, 6.07) is 6.39. The third-order valence-corrected chi connectivity index (χ3v) is 4.02. The molecule has 1 atom stereocenters. The summed E-state index contributed by atoms with van der Waals surface area (Å²) in [5.41, 5.74) is 8.73. The molecule has 1 aromatic heterocycles. The van der Waals surface area contributed by atoms with Crippen LogP contribution in [0.25, 0.3) is 0 Å². The lowest BCUT2D eigenvalue weighted by Gasteiger charge is -2.24. The van der Waals surface area contributed by atoms with Crippen LogP contribution in [0.15, 0.2) is 30.6 Å². The summed E-state index contributed by atoms with van der Waals surface area (Å²) in [4.78, 5) is 4.21. The summed E-state index contributed by atoms with van der Waals surface area (Å²) >= 11 is 0. The average molecular weight is 271 g/mol. The highest BCUT2D eigenvalue weighted by Gasteiger charge is 2.19. The Kier molecular flexibility index (Phi) is 3.74. The topological polar surface area (TPSA) is 53.1 Å². The van der Waals surface area contributed by atoms with Gasteiger partial charge in [0.1, 0.15) is 18.2 Å². The number of hydrogen-bond acceptors (Lipinski definition) is 3. The lowest BCUT2D eigenvalue weighted by atomic mass is 9.88. The zero-order chi connectivity index (χ0) is 13.9. The van der Waals surface area contributed by atoms with E-state index >= 15 is 0 Å². The fourth-order valence-corrected chi connectivity index (χ4v) is 2.88. The predicted octanol–water partition coefficient (Wildman–Crippen LogP) is 2.61. The smallest absolute Gasteiger partial charge is 0.122 e. The van der Waals surface area contributed by atoms with Crippen LogP contribution >= 0.6 is 0 Å². The first-order valence-corrected chi connectivity index (χ1v) is 7.23. The minimum absolute atomic E-state index is 0.165. The molecule has 1 aliphatic rings. The van der Waals surface area contributed by atoms with Crippen molar-refractivity contribution in [2.45, 2.75) is 38.8 Å². The number of nitrogens with zero attached hydrogens (tertiary/aromatic N) is 2. The fourth-order valence-electron chi connectivity index (χ4n) is 2.88. The van der Waals surface area contributed by atoms with E-state index in [1.54, 1.807) is 0 Å². The molecule has 0 fully saturated rings. The second-order valence-corrected chi connectivity index (χ2v) is 5.34. The van der Waals surface area contributed by atoms with Crippen molar-refractivity contribution in [1.29, 1.82) is 0 Å². The summed E-state index contributed by atoms with van der Waals surface area (Å²) in [6.07, 6.45) is 7.09. The Hall–Kier alpha value is -1.81. The third kappa shape index (κ3) is 2.56. The van der Waals surface area contributed by atoms with Gasteiger partial charge in [0.15, 0.2) is 0 Å². The Bertz CT molecular complexity index is 591. The van der Waals surface area contributed by atoms with E-state index in [-0.39, 0.29) is 6.04 Å². The van der Waals surface area contributed by atoms with Crippen molar-refractivity contribution in [2.24, 2.45) is 5.73 Å². The van der Waals surface area contributed by atoms with Crippen molar-refractivity contribution in [1.82, 2.24) is 9.55 Å². The Balaban J connectivity index is 1.69. The molecule has 0 aliphatic heterocycles. The fraction of sp³-hybridized carbons (Fsp3) is 0.438. The quantitative estimate of drug-likeness (QED) is 0.930. The molecule has 2 N–H and O–H groups in total. The number of ether oxygens (including phenoxy) is 1. The van der Waals surface area contributed by atoms with Gasteiger partial charge in [-0.25, -0.2) is 4.98 Å². The third-order valence-electron chi connectivity index (χ3n) is 4.02. The molecule has 1 aliphatic carbocycles. The van der Waals surface area contributed by atoms with E-state index < -0.39 is 0 Å². The van der Waals surface area contributed by atoms with E-state index in [1.807, 2.05) is 25.4 Å². The maximum Gasteiger partial charge on any atom is 0.122 e. The van der Waals surface area contributed by atoms with Crippen molar-refractivity contribution in [3.8, 4) is 5.75 Å². The second-order valence-electron chi connectivity index (χ2n) is 5.34. The number of aromatic nitrogens is 2. The molecule has 1 heterocycles. The molecular formula is C16H21N3O. The number of imidazole rings is 1. The standard InChI is InChI=1S/C16H21N3O/c1-12-18-8-9-19(12)10-11-20-16-7-3-4-13-14(16)5-2-6-15(13)17/h3-4,7-9,15H,2,5-6,10-11,17H2,1H3. The first-order valence-electron chi connectivity index (χ1n) is 7.23. The van der Waals surface area contributed by atoms with Gasteiger partial charge in [0, 0.05) is 18.4 Å². The van der Waals surface area contributed by atoms with Crippen molar-refractivity contribution in [3.63, 3.8) is 0 Å². The molecule has 0 amide bonds. The minimum Gasteiger partial charge on any atom is -0.491 e. The van der Waals surface area contributed by atoms with Crippen LogP contribution in [-0.2, 0) is 13.0 Å². The van der Waals surface area contributed by atoms with Gasteiger partial charge in [-0.2, -0.15) is 0 Å². The van der Waals surface area contributed by atoms with E-state index in [2.05, 4.69) is 21.7 Å². The van der Waals surface area contributed by atoms with Crippen LogP contribution in [-0.4, -0.2) is 16.2 Å². The molecule has 4 nitrogen and oxygen atoms in total. The summed E-state index contributed by atoms with van der Waals surface area (Å²) in [5.74, 6) is 2.01. The van der Waals surface area contributed by atoms with Crippen LogP contribution in [0.1, 0.15) is 35.8 Å². The number of benzene rings is 1. The largest absolute Gasteiger partial charge is 0.491 e. The normalized spacial score (nSPS) is 17.8. The van der Waals surface area contributed by atoms with E-state index in [0.717, 1.165) is 37.4 Å². The molecule has 0 radical (unpaired) electrons. The van der Waals surface area contributed by atoms with Crippen molar-refractivity contribution in [2.75, 3.05) is 6.61 Å².